The van der Waals surface area contributed by atoms with Gasteiger partial charge in [-0.3, -0.25) is 0 Å². The molecule has 0 spiro atoms. The first-order chi connectivity index (χ1) is 13.7. The standard InChI is InChI=1S/C23H21N3OS/c1-26-13-18(22-12-15-6-3-4-8-21(15)28-22)16-9-10-17(20-7-5-11-24-25-20)23(27-2)19(16)14-26/h3-12,18H,13-14H2,1-2H3. The van der Waals surface area contributed by atoms with Crippen LogP contribution in [0.3, 0.4) is 0 Å². The fourth-order valence-corrected chi connectivity index (χ4v) is 5.35. The van der Waals surface area contributed by atoms with Gasteiger partial charge >= 0.3 is 0 Å². The van der Waals surface area contributed by atoms with Crippen molar-refractivity contribution in [1.82, 2.24) is 15.1 Å². The van der Waals surface area contributed by atoms with E-state index in [4.69, 9.17) is 4.74 Å². The number of ether oxygens (including phenoxy) is 1. The minimum atomic E-state index is 0.343. The number of rotatable bonds is 3. The number of benzene rings is 2. The van der Waals surface area contributed by atoms with E-state index in [2.05, 4.69) is 64.6 Å². The maximum absolute atomic E-state index is 5.90. The van der Waals surface area contributed by atoms with Crippen molar-refractivity contribution in [2.75, 3.05) is 20.7 Å². The lowest BCUT2D eigenvalue weighted by Crippen LogP contribution is -2.31. The lowest BCUT2D eigenvalue weighted by Gasteiger charge is -2.33. The summed E-state index contributed by atoms with van der Waals surface area (Å²) in [7, 11) is 3.93. The van der Waals surface area contributed by atoms with Crippen LogP contribution >= 0.6 is 11.3 Å². The van der Waals surface area contributed by atoms with Gasteiger partial charge in [-0.2, -0.15) is 10.2 Å². The maximum Gasteiger partial charge on any atom is 0.133 e. The van der Waals surface area contributed by atoms with Gasteiger partial charge in [0.2, 0.25) is 0 Å². The topological polar surface area (TPSA) is 38.3 Å². The summed E-state index contributed by atoms with van der Waals surface area (Å²) in [5.41, 5.74) is 4.45. The van der Waals surface area contributed by atoms with Gasteiger partial charge in [-0.05, 0) is 48.3 Å². The van der Waals surface area contributed by atoms with E-state index in [-0.39, 0.29) is 0 Å². The number of hydrogen-bond acceptors (Lipinski definition) is 5. The van der Waals surface area contributed by atoms with Crippen molar-refractivity contribution in [3.63, 3.8) is 0 Å². The number of likely N-dealkylation sites (N-methyl/N-ethyl adjacent to an activating group) is 1. The molecular weight excluding hydrogens is 366 g/mol. The van der Waals surface area contributed by atoms with E-state index in [9.17, 15) is 0 Å². The number of thiophene rings is 1. The highest BCUT2D eigenvalue weighted by Gasteiger charge is 2.30. The molecule has 0 fully saturated rings. The Hall–Kier alpha value is -2.76. The third kappa shape index (κ3) is 2.87. The van der Waals surface area contributed by atoms with Crippen LogP contribution in [0.5, 0.6) is 5.75 Å². The van der Waals surface area contributed by atoms with Gasteiger partial charge in [0.05, 0.1) is 12.8 Å². The number of methoxy groups -OCH3 is 1. The molecule has 0 amide bonds. The van der Waals surface area contributed by atoms with E-state index < -0.39 is 0 Å². The summed E-state index contributed by atoms with van der Waals surface area (Å²) in [4.78, 5) is 3.78. The van der Waals surface area contributed by atoms with E-state index in [0.29, 0.717) is 5.92 Å². The molecule has 2 aromatic heterocycles. The molecule has 0 saturated heterocycles. The SMILES string of the molecule is COc1c(-c2cccnn2)ccc2c1CN(C)CC2c1cc2ccccc2s1. The van der Waals surface area contributed by atoms with Crippen molar-refractivity contribution in [1.29, 1.82) is 0 Å². The van der Waals surface area contributed by atoms with Crippen LogP contribution in [-0.4, -0.2) is 35.8 Å². The Morgan fingerprint density at radius 3 is 2.79 bits per heavy atom. The molecule has 1 unspecified atom stereocenters. The normalized spacial score (nSPS) is 16.9. The van der Waals surface area contributed by atoms with Gasteiger partial charge < -0.3 is 9.64 Å². The average molecular weight is 388 g/mol. The first kappa shape index (κ1) is 17.3. The number of nitrogens with zero attached hydrogens (tertiary/aromatic N) is 3. The van der Waals surface area contributed by atoms with Crippen molar-refractivity contribution < 1.29 is 4.74 Å². The van der Waals surface area contributed by atoms with Crippen molar-refractivity contribution >= 4 is 21.4 Å². The van der Waals surface area contributed by atoms with Crippen LogP contribution < -0.4 is 4.74 Å². The zero-order valence-electron chi connectivity index (χ0n) is 15.9. The molecule has 0 N–H and O–H groups in total. The Labute approximate surface area is 168 Å². The fraction of sp³-hybridized carbons (Fsp3) is 0.217. The second-order valence-corrected chi connectivity index (χ2v) is 8.37. The Bertz CT molecular complexity index is 1110. The Morgan fingerprint density at radius 1 is 1.11 bits per heavy atom. The maximum atomic E-state index is 5.90. The summed E-state index contributed by atoms with van der Waals surface area (Å²) in [5, 5.41) is 9.65. The highest BCUT2D eigenvalue weighted by molar-refractivity contribution is 7.19. The Balaban J connectivity index is 1.66. The van der Waals surface area contributed by atoms with Gasteiger partial charge in [-0.15, -0.1) is 11.3 Å². The van der Waals surface area contributed by atoms with Crippen LogP contribution in [0.4, 0.5) is 0 Å². The minimum absolute atomic E-state index is 0.343. The predicted octanol–water partition coefficient (Wildman–Crippen LogP) is 4.94. The Morgan fingerprint density at radius 2 is 2.00 bits per heavy atom. The van der Waals surface area contributed by atoms with Crippen molar-refractivity contribution in [3.05, 3.63) is 76.8 Å². The van der Waals surface area contributed by atoms with E-state index in [1.165, 1.54) is 26.1 Å². The number of hydrogen-bond donors (Lipinski definition) is 0. The lowest BCUT2D eigenvalue weighted by atomic mass is 9.86. The third-order valence-corrected chi connectivity index (χ3v) is 6.66. The highest BCUT2D eigenvalue weighted by Crippen LogP contribution is 2.44. The smallest absolute Gasteiger partial charge is 0.133 e. The number of aromatic nitrogens is 2. The van der Waals surface area contributed by atoms with Crippen LogP contribution in [0.25, 0.3) is 21.3 Å². The van der Waals surface area contributed by atoms with Crippen LogP contribution in [-0.2, 0) is 6.54 Å². The van der Waals surface area contributed by atoms with Crippen LogP contribution in [0.1, 0.15) is 21.9 Å². The molecule has 5 heteroatoms. The highest BCUT2D eigenvalue weighted by atomic mass is 32.1. The quantitative estimate of drug-likeness (QED) is 0.499. The minimum Gasteiger partial charge on any atom is -0.496 e. The second kappa shape index (κ2) is 7.00. The molecule has 1 aliphatic heterocycles. The first-order valence-electron chi connectivity index (χ1n) is 9.39. The van der Waals surface area contributed by atoms with Crippen LogP contribution in [0.2, 0.25) is 0 Å². The number of fused-ring (bicyclic) bond motifs is 2. The summed E-state index contributed by atoms with van der Waals surface area (Å²) in [5.74, 6) is 1.26. The molecule has 2 aromatic carbocycles. The molecule has 1 atom stereocenters. The van der Waals surface area contributed by atoms with E-state index in [1.807, 2.05) is 23.5 Å². The molecule has 0 saturated carbocycles. The van der Waals surface area contributed by atoms with E-state index in [0.717, 1.165) is 30.1 Å². The lowest BCUT2D eigenvalue weighted by molar-refractivity contribution is 0.287. The summed E-state index contributed by atoms with van der Waals surface area (Å²) in [6.07, 6.45) is 1.69. The predicted molar refractivity (Wildman–Crippen MR) is 114 cm³/mol. The van der Waals surface area contributed by atoms with Crippen molar-refractivity contribution in [3.8, 4) is 17.0 Å². The van der Waals surface area contributed by atoms with Crippen molar-refractivity contribution in [2.45, 2.75) is 12.5 Å². The molecule has 0 bridgehead atoms. The molecule has 0 radical (unpaired) electrons. The molecule has 5 rings (SSSR count). The van der Waals surface area contributed by atoms with Gasteiger partial charge in [0.1, 0.15) is 5.75 Å². The zero-order chi connectivity index (χ0) is 19.1. The monoisotopic (exact) mass is 387 g/mol. The van der Waals surface area contributed by atoms with Gasteiger partial charge in [-0.1, -0.05) is 24.3 Å². The average Bonchev–Trinajstić information content (AvgIpc) is 3.17. The van der Waals surface area contributed by atoms with Crippen LogP contribution in [0.15, 0.2) is 60.8 Å². The summed E-state index contributed by atoms with van der Waals surface area (Å²) < 4.78 is 7.24. The molecule has 0 aliphatic carbocycles. The molecule has 4 aromatic rings. The summed E-state index contributed by atoms with van der Waals surface area (Å²) >= 11 is 1.89. The molecule has 1 aliphatic rings. The van der Waals surface area contributed by atoms with Gasteiger partial charge in [-0.25, -0.2) is 0 Å². The largest absolute Gasteiger partial charge is 0.496 e. The first-order valence-corrected chi connectivity index (χ1v) is 10.2. The van der Waals surface area contributed by atoms with E-state index >= 15 is 0 Å². The molecule has 28 heavy (non-hydrogen) atoms. The fourth-order valence-electron chi connectivity index (χ4n) is 4.17. The molecule has 140 valence electrons. The molecule has 4 nitrogen and oxygen atoms in total. The second-order valence-electron chi connectivity index (χ2n) is 7.26. The van der Waals surface area contributed by atoms with Crippen LogP contribution in [0, 0.1) is 0 Å². The Kier molecular flexibility index (Phi) is 4.34. The third-order valence-electron chi connectivity index (χ3n) is 5.43. The molecular formula is C23H21N3OS. The van der Waals surface area contributed by atoms with Gasteiger partial charge in [0, 0.05) is 45.9 Å². The van der Waals surface area contributed by atoms with E-state index in [1.54, 1.807) is 13.3 Å². The summed E-state index contributed by atoms with van der Waals surface area (Å²) in [6, 6.07) is 19.2. The van der Waals surface area contributed by atoms with Gasteiger partial charge in [0.25, 0.3) is 0 Å². The molecule has 3 heterocycles. The zero-order valence-corrected chi connectivity index (χ0v) is 16.7. The van der Waals surface area contributed by atoms with Gasteiger partial charge in [0.15, 0.2) is 0 Å². The van der Waals surface area contributed by atoms with Crippen molar-refractivity contribution in [2.24, 2.45) is 0 Å². The summed E-state index contributed by atoms with van der Waals surface area (Å²) in [6.45, 7) is 1.88.